The van der Waals surface area contributed by atoms with Crippen molar-refractivity contribution >= 4 is 21.5 Å². The van der Waals surface area contributed by atoms with Gasteiger partial charge in [-0.05, 0) is 41.9 Å². The van der Waals surface area contributed by atoms with Gasteiger partial charge in [-0.2, -0.15) is 0 Å². The molecule has 2 atom stereocenters. The van der Waals surface area contributed by atoms with Crippen LogP contribution < -0.4 is 4.74 Å². The van der Waals surface area contributed by atoms with Crippen LogP contribution in [0.4, 0.5) is 0 Å². The van der Waals surface area contributed by atoms with Crippen LogP contribution in [0.3, 0.4) is 0 Å². The van der Waals surface area contributed by atoms with E-state index in [1.807, 2.05) is 12.1 Å². The molecule has 94 valence electrons. The second-order valence-electron chi connectivity index (χ2n) is 4.91. The molecule has 0 amide bonds. The third-order valence-electron chi connectivity index (χ3n) is 3.92. The van der Waals surface area contributed by atoms with Crippen molar-refractivity contribution in [2.24, 2.45) is 11.8 Å². The fraction of sp³-hybridized carbons (Fsp3) is 0.400. The van der Waals surface area contributed by atoms with Crippen LogP contribution in [0.25, 0.3) is 5.57 Å². The molecule has 18 heavy (non-hydrogen) atoms. The Morgan fingerprint density at radius 1 is 1.39 bits per heavy atom. The molecule has 1 heterocycles. The average molecular weight is 306 g/mol. The number of nitrogens with zero attached hydrogens (tertiary/aromatic N) is 1. The van der Waals surface area contributed by atoms with E-state index < -0.39 is 0 Å². The summed E-state index contributed by atoms with van der Waals surface area (Å²) < 4.78 is 6.54. The number of hydrogen-bond acceptors (Lipinski definition) is 2. The molecule has 0 spiro atoms. The van der Waals surface area contributed by atoms with Crippen LogP contribution in [0.5, 0.6) is 5.88 Å². The van der Waals surface area contributed by atoms with E-state index in [-0.39, 0.29) is 0 Å². The maximum Gasteiger partial charge on any atom is 0.213 e. The fourth-order valence-corrected chi connectivity index (χ4v) is 3.89. The summed E-state index contributed by atoms with van der Waals surface area (Å²) >= 11 is 3.81. The van der Waals surface area contributed by atoms with Gasteiger partial charge in [0, 0.05) is 16.7 Å². The van der Waals surface area contributed by atoms with E-state index in [1.165, 1.54) is 34.9 Å². The summed E-state index contributed by atoms with van der Waals surface area (Å²) in [6.07, 6.45) is 10.4. The summed E-state index contributed by atoms with van der Waals surface area (Å²) in [6.45, 7) is 0. The summed E-state index contributed by atoms with van der Waals surface area (Å²) in [7, 11) is 1.65. The van der Waals surface area contributed by atoms with E-state index in [1.54, 1.807) is 13.3 Å². The number of pyridine rings is 1. The highest BCUT2D eigenvalue weighted by atomic mass is 79.9. The average Bonchev–Trinajstić information content (AvgIpc) is 2.88. The summed E-state index contributed by atoms with van der Waals surface area (Å²) in [4.78, 5) is 4.16. The molecule has 1 saturated carbocycles. The van der Waals surface area contributed by atoms with Crippen LogP contribution in [-0.4, -0.2) is 12.1 Å². The number of fused-ring (bicyclic) bond motifs is 1. The number of allylic oxidation sites excluding steroid dienone is 4. The van der Waals surface area contributed by atoms with E-state index in [2.05, 4.69) is 33.1 Å². The molecule has 3 heteroatoms. The Kier molecular flexibility index (Phi) is 3.25. The van der Waals surface area contributed by atoms with E-state index in [4.69, 9.17) is 4.74 Å². The Morgan fingerprint density at radius 2 is 2.28 bits per heavy atom. The molecule has 0 bridgehead atoms. The van der Waals surface area contributed by atoms with Crippen molar-refractivity contribution in [3.8, 4) is 5.88 Å². The first-order valence-corrected chi connectivity index (χ1v) is 7.17. The van der Waals surface area contributed by atoms with Crippen molar-refractivity contribution in [1.29, 1.82) is 0 Å². The third kappa shape index (κ3) is 2.01. The van der Waals surface area contributed by atoms with E-state index in [9.17, 15) is 0 Å². The Labute approximate surface area is 116 Å². The smallest absolute Gasteiger partial charge is 0.213 e. The SMILES string of the molecule is COc1cc(C2=C(Br)C3CCCC3C=C2)ccn1. The van der Waals surface area contributed by atoms with E-state index in [0.717, 1.165) is 5.92 Å². The maximum absolute atomic E-state index is 5.19. The van der Waals surface area contributed by atoms with Crippen LogP contribution in [0, 0.1) is 11.8 Å². The molecular formula is C15H16BrNO. The molecule has 2 aliphatic rings. The lowest BCUT2D eigenvalue weighted by Crippen LogP contribution is -2.10. The minimum Gasteiger partial charge on any atom is -0.481 e. The van der Waals surface area contributed by atoms with Crippen molar-refractivity contribution in [2.45, 2.75) is 19.3 Å². The van der Waals surface area contributed by atoms with Gasteiger partial charge >= 0.3 is 0 Å². The van der Waals surface area contributed by atoms with E-state index >= 15 is 0 Å². The lowest BCUT2D eigenvalue weighted by atomic mass is 9.86. The zero-order valence-electron chi connectivity index (χ0n) is 10.4. The van der Waals surface area contributed by atoms with Crippen molar-refractivity contribution in [2.75, 3.05) is 7.11 Å². The predicted molar refractivity (Wildman–Crippen MR) is 76.6 cm³/mol. The highest BCUT2D eigenvalue weighted by Crippen LogP contribution is 2.46. The first-order valence-electron chi connectivity index (χ1n) is 6.38. The second-order valence-corrected chi connectivity index (χ2v) is 5.76. The highest BCUT2D eigenvalue weighted by Gasteiger charge is 2.31. The first-order chi connectivity index (χ1) is 8.79. The first kappa shape index (κ1) is 12.0. The molecule has 0 N–H and O–H groups in total. The number of aromatic nitrogens is 1. The number of hydrogen-bond donors (Lipinski definition) is 0. The Morgan fingerprint density at radius 3 is 3.11 bits per heavy atom. The quantitative estimate of drug-likeness (QED) is 0.817. The van der Waals surface area contributed by atoms with Crippen LogP contribution in [0.2, 0.25) is 0 Å². The maximum atomic E-state index is 5.19. The molecule has 2 nitrogen and oxygen atoms in total. The lowest BCUT2D eigenvalue weighted by Gasteiger charge is -2.23. The zero-order valence-corrected chi connectivity index (χ0v) is 12.0. The molecule has 1 aromatic heterocycles. The van der Waals surface area contributed by atoms with Crippen molar-refractivity contribution in [1.82, 2.24) is 4.98 Å². The standard InChI is InChI=1S/C15H16BrNO/c1-18-14-9-11(7-8-17-14)13-6-5-10-3-2-4-12(10)15(13)16/h5-10,12H,2-4H2,1H3. The summed E-state index contributed by atoms with van der Waals surface area (Å²) in [6, 6.07) is 4.04. The van der Waals surface area contributed by atoms with Gasteiger partial charge in [-0.3, -0.25) is 0 Å². The van der Waals surface area contributed by atoms with Gasteiger partial charge < -0.3 is 4.74 Å². The van der Waals surface area contributed by atoms with E-state index in [0.29, 0.717) is 11.8 Å². The van der Waals surface area contributed by atoms with Gasteiger partial charge in [-0.25, -0.2) is 4.98 Å². The van der Waals surface area contributed by atoms with Gasteiger partial charge in [-0.1, -0.05) is 34.5 Å². The minimum absolute atomic E-state index is 0.669. The topological polar surface area (TPSA) is 22.1 Å². The Bertz CT molecular complexity index is 521. The number of halogens is 1. The van der Waals surface area contributed by atoms with Crippen molar-refractivity contribution in [3.63, 3.8) is 0 Å². The molecule has 2 aliphatic carbocycles. The van der Waals surface area contributed by atoms with Gasteiger partial charge in [0.1, 0.15) is 0 Å². The van der Waals surface area contributed by atoms with Crippen LogP contribution >= 0.6 is 15.9 Å². The molecule has 1 aromatic rings. The molecule has 2 unspecified atom stereocenters. The highest BCUT2D eigenvalue weighted by molar-refractivity contribution is 9.11. The number of rotatable bonds is 2. The van der Waals surface area contributed by atoms with Gasteiger partial charge in [0.05, 0.1) is 7.11 Å². The number of methoxy groups -OCH3 is 1. The Hall–Kier alpha value is -1.09. The molecule has 0 saturated heterocycles. The monoisotopic (exact) mass is 305 g/mol. The van der Waals surface area contributed by atoms with Gasteiger partial charge in [0.15, 0.2) is 0 Å². The van der Waals surface area contributed by atoms with Crippen LogP contribution in [-0.2, 0) is 0 Å². The second kappa shape index (κ2) is 4.88. The van der Waals surface area contributed by atoms with Gasteiger partial charge in [0.25, 0.3) is 0 Å². The van der Waals surface area contributed by atoms with Gasteiger partial charge in [-0.15, -0.1) is 0 Å². The molecule has 1 fully saturated rings. The normalized spacial score (nSPS) is 26.3. The molecular weight excluding hydrogens is 290 g/mol. The molecule has 0 radical (unpaired) electrons. The number of ether oxygens (including phenoxy) is 1. The van der Waals surface area contributed by atoms with Crippen molar-refractivity contribution < 1.29 is 4.74 Å². The van der Waals surface area contributed by atoms with Crippen molar-refractivity contribution in [3.05, 3.63) is 40.5 Å². The third-order valence-corrected chi connectivity index (χ3v) is 4.93. The lowest BCUT2D eigenvalue weighted by molar-refractivity contribution is 0.398. The fourth-order valence-electron chi connectivity index (χ4n) is 2.96. The Balaban J connectivity index is 2.00. The predicted octanol–water partition coefficient (Wildman–Crippen LogP) is 4.18. The van der Waals surface area contributed by atoms with Gasteiger partial charge in [0.2, 0.25) is 5.88 Å². The summed E-state index contributed by atoms with van der Waals surface area (Å²) in [5.74, 6) is 2.07. The van der Waals surface area contributed by atoms with Crippen LogP contribution in [0.15, 0.2) is 35.0 Å². The minimum atomic E-state index is 0.669. The summed E-state index contributed by atoms with van der Waals surface area (Å²) in [5.41, 5.74) is 2.45. The molecule has 3 rings (SSSR count). The molecule has 0 aromatic carbocycles. The zero-order chi connectivity index (χ0) is 12.5. The summed E-state index contributed by atoms with van der Waals surface area (Å²) in [5, 5.41) is 0. The molecule has 0 aliphatic heterocycles. The largest absolute Gasteiger partial charge is 0.481 e. The van der Waals surface area contributed by atoms with Crippen LogP contribution in [0.1, 0.15) is 24.8 Å².